The monoisotopic (exact) mass is 257 g/mol. The molecule has 1 N–H and O–H groups in total. The molecular weight excluding hydrogens is 226 g/mol. The number of hydrogen-bond acceptors (Lipinski definition) is 4. The Bertz CT molecular complexity index is 243. The summed E-state index contributed by atoms with van der Waals surface area (Å²) in [6.07, 6.45) is 1.28. The molecule has 0 bridgehead atoms. The summed E-state index contributed by atoms with van der Waals surface area (Å²) in [5, 5.41) is 3.56. The van der Waals surface area contributed by atoms with Crippen LogP contribution >= 0.6 is 0 Å². The fourth-order valence-electron chi connectivity index (χ4n) is 2.58. The van der Waals surface area contributed by atoms with E-state index >= 15 is 0 Å². The molecule has 1 aliphatic rings. The Balaban J connectivity index is 2.52. The van der Waals surface area contributed by atoms with Gasteiger partial charge in [-0.05, 0) is 47.5 Å². The maximum absolute atomic E-state index is 5.64. The molecule has 0 aromatic carbocycles. The number of rotatable bonds is 7. The molecule has 2 unspecified atom stereocenters. The van der Waals surface area contributed by atoms with Crippen LogP contribution in [0.1, 0.15) is 27.2 Å². The number of methoxy groups -OCH3 is 1. The second kappa shape index (κ2) is 6.85. The van der Waals surface area contributed by atoms with Crippen molar-refractivity contribution >= 4 is 0 Å². The van der Waals surface area contributed by atoms with E-state index < -0.39 is 0 Å². The Kier molecular flexibility index (Phi) is 6.05. The zero-order chi connectivity index (χ0) is 13.8. The number of ether oxygens (including phenoxy) is 1. The first-order chi connectivity index (χ1) is 8.40. The minimum atomic E-state index is -0.119. The van der Waals surface area contributed by atoms with Crippen LogP contribution in [-0.4, -0.2) is 74.9 Å². The van der Waals surface area contributed by atoms with Crippen LogP contribution in [0.3, 0.4) is 0 Å². The largest absolute Gasteiger partial charge is 0.377 e. The van der Waals surface area contributed by atoms with Gasteiger partial charge in [-0.25, -0.2) is 0 Å². The van der Waals surface area contributed by atoms with E-state index in [9.17, 15) is 0 Å². The predicted octanol–water partition coefficient (Wildman–Crippen LogP) is 1.03. The first kappa shape index (κ1) is 15.9. The summed E-state index contributed by atoms with van der Waals surface area (Å²) in [4.78, 5) is 4.89. The van der Waals surface area contributed by atoms with Crippen molar-refractivity contribution < 1.29 is 4.74 Å². The van der Waals surface area contributed by atoms with E-state index in [4.69, 9.17) is 4.74 Å². The summed E-state index contributed by atoms with van der Waals surface area (Å²) in [7, 11) is 6.15. The van der Waals surface area contributed by atoms with Crippen molar-refractivity contribution in [1.29, 1.82) is 0 Å². The van der Waals surface area contributed by atoms with Crippen molar-refractivity contribution in [2.24, 2.45) is 0 Å². The first-order valence-corrected chi connectivity index (χ1v) is 7.08. The van der Waals surface area contributed by atoms with E-state index in [1.54, 1.807) is 7.11 Å². The van der Waals surface area contributed by atoms with Gasteiger partial charge in [-0.3, -0.25) is 0 Å². The Labute approximate surface area is 113 Å². The fourth-order valence-corrected chi connectivity index (χ4v) is 2.58. The van der Waals surface area contributed by atoms with Crippen molar-refractivity contribution in [2.75, 3.05) is 47.4 Å². The molecular formula is C14H31N3O. The van der Waals surface area contributed by atoms with Crippen LogP contribution in [0.2, 0.25) is 0 Å². The highest BCUT2D eigenvalue weighted by Gasteiger charge is 2.33. The summed E-state index contributed by atoms with van der Waals surface area (Å²) in [5.74, 6) is 0. The van der Waals surface area contributed by atoms with Gasteiger partial charge in [0.15, 0.2) is 0 Å². The molecule has 0 radical (unpaired) electrons. The quantitative estimate of drug-likeness (QED) is 0.737. The minimum absolute atomic E-state index is 0.119. The molecule has 1 rings (SSSR count). The summed E-state index contributed by atoms with van der Waals surface area (Å²) >= 11 is 0. The molecule has 0 aromatic rings. The predicted molar refractivity (Wildman–Crippen MR) is 77.1 cm³/mol. The SMILES string of the molecule is CCNC(CN1CCC(N(C)C)C1)C(C)(C)OC. The molecule has 1 saturated heterocycles. The summed E-state index contributed by atoms with van der Waals surface area (Å²) in [6, 6.07) is 1.09. The van der Waals surface area contributed by atoms with E-state index in [2.05, 4.69) is 50.0 Å². The van der Waals surface area contributed by atoms with Gasteiger partial charge in [-0.2, -0.15) is 0 Å². The maximum atomic E-state index is 5.64. The summed E-state index contributed by atoms with van der Waals surface area (Å²) in [5.41, 5.74) is -0.119. The van der Waals surface area contributed by atoms with Crippen molar-refractivity contribution in [3.8, 4) is 0 Å². The van der Waals surface area contributed by atoms with Crippen LogP contribution in [0.25, 0.3) is 0 Å². The van der Waals surface area contributed by atoms with E-state index in [0.717, 1.165) is 13.1 Å². The van der Waals surface area contributed by atoms with Gasteiger partial charge in [0.1, 0.15) is 0 Å². The minimum Gasteiger partial charge on any atom is -0.377 e. The molecule has 1 heterocycles. The van der Waals surface area contributed by atoms with E-state index in [0.29, 0.717) is 12.1 Å². The van der Waals surface area contributed by atoms with Gasteiger partial charge in [0.05, 0.1) is 5.60 Å². The number of nitrogens with one attached hydrogen (secondary N) is 1. The highest BCUT2D eigenvalue weighted by atomic mass is 16.5. The van der Waals surface area contributed by atoms with Crippen LogP contribution in [0.4, 0.5) is 0 Å². The lowest BCUT2D eigenvalue weighted by Crippen LogP contribution is -2.54. The van der Waals surface area contributed by atoms with Crippen molar-refractivity contribution in [1.82, 2.24) is 15.1 Å². The average molecular weight is 257 g/mol. The van der Waals surface area contributed by atoms with Crippen LogP contribution in [0, 0.1) is 0 Å². The van der Waals surface area contributed by atoms with Crippen molar-refractivity contribution in [2.45, 2.75) is 44.9 Å². The fraction of sp³-hybridized carbons (Fsp3) is 1.00. The first-order valence-electron chi connectivity index (χ1n) is 7.08. The Morgan fingerprint density at radius 2 is 2.11 bits per heavy atom. The summed E-state index contributed by atoms with van der Waals surface area (Å²) in [6.45, 7) is 10.9. The molecule has 0 amide bonds. The molecule has 0 spiro atoms. The molecule has 4 heteroatoms. The second-order valence-corrected chi connectivity index (χ2v) is 6.08. The molecule has 0 saturated carbocycles. The molecule has 2 atom stereocenters. The third-order valence-electron chi connectivity index (χ3n) is 4.23. The third kappa shape index (κ3) is 4.19. The van der Waals surface area contributed by atoms with Gasteiger partial charge in [0.25, 0.3) is 0 Å². The van der Waals surface area contributed by atoms with Crippen LogP contribution in [0.15, 0.2) is 0 Å². The van der Waals surface area contributed by atoms with Gasteiger partial charge < -0.3 is 19.9 Å². The lowest BCUT2D eigenvalue weighted by atomic mass is 9.98. The van der Waals surface area contributed by atoms with Crippen LogP contribution in [-0.2, 0) is 4.74 Å². The third-order valence-corrected chi connectivity index (χ3v) is 4.23. The van der Waals surface area contributed by atoms with E-state index in [1.165, 1.54) is 19.5 Å². The number of likely N-dealkylation sites (N-methyl/N-ethyl adjacent to an activating group) is 2. The number of nitrogens with zero attached hydrogens (tertiary/aromatic N) is 2. The van der Waals surface area contributed by atoms with Gasteiger partial charge >= 0.3 is 0 Å². The molecule has 1 fully saturated rings. The zero-order valence-corrected chi connectivity index (χ0v) is 13.0. The van der Waals surface area contributed by atoms with Gasteiger partial charge in [-0.15, -0.1) is 0 Å². The van der Waals surface area contributed by atoms with E-state index in [1.807, 2.05) is 0 Å². The van der Waals surface area contributed by atoms with Gasteiger partial charge in [0.2, 0.25) is 0 Å². The molecule has 108 valence electrons. The number of hydrogen-bond donors (Lipinski definition) is 1. The topological polar surface area (TPSA) is 27.7 Å². The number of likely N-dealkylation sites (tertiary alicyclic amines) is 1. The zero-order valence-electron chi connectivity index (χ0n) is 13.0. The second-order valence-electron chi connectivity index (χ2n) is 6.08. The highest BCUT2D eigenvalue weighted by Crippen LogP contribution is 2.19. The van der Waals surface area contributed by atoms with Crippen molar-refractivity contribution in [3.63, 3.8) is 0 Å². The van der Waals surface area contributed by atoms with Gasteiger partial charge in [-0.1, -0.05) is 6.92 Å². The smallest absolute Gasteiger partial charge is 0.0787 e. The summed E-state index contributed by atoms with van der Waals surface area (Å²) < 4.78 is 5.64. The maximum Gasteiger partial charge on any atom is 0.0787 e. The molecule has 0 aromatic heterocycles. The Morgan fingerprint density at radius 3 is 2.56 bits per heavy atom. The molecule has 1 aliphatic heterocycles. The van der Waals surface area contributed by atoms with Crippen molar-refractivity contribution in [3.05, 3.63) is 0 Å². The lowest BCUT2D eigenvalue weighted by molar-refractivity contribution is -0.0181. The normalized spacial score (nSPS) is 23.8. The van der Waals surface area contributed by atoms with Gasteiger partial charge in [0, 0.05) is 32.3 Å². The van der Waals surface area contributed by atoms with Crippen LogP contribution in [0.5, 0.6) is 0 Å². The van der Waals surface area contributed by atoms with E-state index in [-0.39, 0.29) is 5.60 Å². The molecule has 4 nitrogen and oxygen atoms in total. The highest BCUT2D eigenvalue weighted by molar-refractivity contribution is 4.91. The Morgan fingerprint density at radius 1 is 1.44 bits per heavy atom. The standard InChI is InChI=1S/C14H31N3O/c1-7-15-13(14(2,3)18-6)11-17-9-8-12(10-17)16(4)5/h12-13,15H,7-11H2,1-6H3. The molecule has 0 aliphatic carbocycles. The Hall–Kier alpha value is -0.160. The molecule has 18 heavy (non-hydrogen) atoms. The lowest BCUT2D eigenvalue weighted by Gasteiger charge is -2.36. The average Bonchev–Trinajstić information content (AvgIpc) is 2.77. The van der Waals surface area contributed by atoms with Crippen LogP contribution < -0.4 is 5.32 Å².